The third kappa shape index (κ3) is 1.96. The van der Waals surface area contributed by atoms with E-state index in [0.717, 1.165) is 24.2 Å². The summed E-state index contributed by atoms with van der Waals surface area (Å²) in [5.74, 6) is 0. The van der Waals surface area contributed by atoms with Gasteiger partial charge in [0.05, 0.1) is 11.8 Å². The Labute approximate surface area is 88.5 Å². The van der Waals surface area contributed by atoms with Crippen molar-refractivity contribution in [3.8, 4) is 0 Å². The summed E-state index contributed by atoms with van der Waals surface area (Å²) in [6.07, 6.45) is 7.01. The number of hydrogen-bond acceptors (Lipinski definition) is 3. The molecule has 4 heteroatoms. The summed E-state index contributed by atoms with van der Waals surface area (Å²) >= 11 is 1.75. The molecule has 0 aliphatic heterocycles. The summed E-state index contributed by atoms with van der Waals surface area (Å²) in [6, 6.07) is 0. The van der Waals surface area contributed by atoms with Gasteiger partial charge in [-0.2, -0.15) is 5.10 Å². The van der Waals surface area contributed by atoms with Crippen LogP contribution in [0.2, 0.25) is 0 Å². The van der Waals surface area contributed by atoms with Crippen LogP contribution in [0.5, 0.6) is 0 Å². The maximum absolute atomic E-state index is 10.1. The minimum atomic E-state index is -0.499. The molecule has 0 spiro atoms. The molecule has 2 atom stereocenters. The average Bonchev–Trinajstić information content (AvgIpc) is 2.61. The van der Waals surface area contributed by atoms with Crippen molar-refractivity contribution in [2.75, 3.05) is 0 Å². The van der Waals surface area contributed by atoms with Crippen LogP contribution < -0.4 is 0 Å². The quantitative estimate of drug-likeness (QED) is 0.812. The molecule has 3 nitrogen and oxygen atoms in total. The number of hydrogen-bond donors (Lipinski definition) is 1. The first kappa shape index (κ1) is 10.1. The number of aryl methyl sites for hydroxylation is 1. The third-order valence-corrected chi connectivity index (χ3v) is 4.31. The van der Waals surface area contributed by atoms with Crippen LogP contribution in [-0.4, -0.2) is 25.7 Å². The SMILES string of the molecule is Cn1cc(SC2CCCC2(C)O)cn1. The Morgan fingerprint density at radius 3 is 3.00 bits per heavy atom. The second kappa shape index (κ2) is 3.59. The Balaban J connectivity index is 2.04. The summed E-state index contributed by atoms with van der Waals surface area (Å²) in [5.41, 5.74) is -0.499. The predicted molar refractivity (Wildman–Crippen MR) is 57.3 cm³/mol. The fourth-order valence-corrected chi connectivity index (χ4v) is 3.23. The van der Waals surface area contributed by atoms with E-state index in [0.29, 0.717) is 5.25 Å². The highest BCUT2D eigenvalue weighted by molar-refractivity contribution is 8.00. The van der Waals surface area contributed by atoms with E-state index in [1.54, 1.807) is 16.4 Å². The fraction of sp³-hybridized carbons (Fsp3) is 0.700. The zero-order valence-electron chi connectivity index (χ0n) is 8.60. The van der Waals surface area contributed by atoms with Gasteiger partial charge in [-0.3, -0.25) is 4.68 Å². The molecule has 0 amide bonds. The Bertz CT molecular complexity index is 322. The van der Waals surface area contributed by atoms with Crippen LogP contribution in [0.3, 0.4) is 0 Å². The first-order chi connectivity index (χ1) is 6.58. The minimum Gasteiger partial charge on any atom is -0.389 e. The van der Waals surface area contributed by atoms with Crippen molar-refractivity contribution in [3.05, 3.63) is 12.4 Å². The molecule has 0 radical (unpaired) electrons. The van der Waals surface area contributed by atoms with Crippen molar-refractivity contribution >= 4 is 11.8 Å². The van der Waals surface area contributed by atoms with E-state index in [1.165, 1.54) is 0 Å². The summed E-state index contributed by atoms with van der Waals surface area (Å²) in [6.45, 7) is 1.94. The Morgan fingerprint density at radius 1 is 1.71 bits per heavy atom. The van der Waals surface area contributed by atoms with Crippen LogP contribution in [0.4, 0.5) is 0 Å². The lowest BCUT2D eigenvalue weighted by Crippen LogP contribution is -2.30. The van der Waals surface area contributed by atoms with Gasteiger partial charge in [0.15, 0.2) is 0 Å². The second-order valence-electron chi connectivity index (χ2n) is 4.21. The third-order valence-electron chi connectivity index (χ3n) is 2.80. The van der Waals surface area contributed by atoms with Gasteiger partial charge >= 0.3 is 0 Å². The lowest BCUT2D eigenvalue weighted by molar-refractivity contribution is 0.0734. The van der Waals surface area contributed by atoms with E-state index < -0.39 is 5.60 Å². The number of nitrogens with zero attached hydrogens (tertiary/aromatic N) is 2. The Morgan fingerprint density at radius 2 is 2.50 bits per heavy atom. The summed E-state index contributed by atoms with van der Waals surface area (Å²) in [7, 11) is 1.91. The van der Waals surface area contributed by atoms with E-state index in [9.17, 15) is 5.11 Å². The smallest absolute Gasteiger partial charge is 0.0741 e. The molecule has 0 bridgehead atoms. The van der Waals surface area contributed by atoms with Gasteiger partial charge in [0.25, 0.3) is 0 Å². The molecule has 0 saturated heterocycles. The monoisotopic (exact) mass is 212 g/mol. The zero-order valence-corrected chi connectivity index (χ0v) is 9.42. The van der Waals surface area contributed by atoms with E-state index in [2.05, 4.69) is 5.10 Å². The van der Waals surface area contributed by atoms with Crippen molar-refractivity contribution in [2.24, 2.45) is 7.05 Å². The molecule has 1 aliphatic rings. The van der Waals surface area contributed by atoms with Crippen molar-refractivity contribution in [1.29, 1.82) is 0 Å². The first-order valence-electron chi connectivity index (χ1n) is 4.95. The number of aliphatic hydroxyl groups is 1. The van der Waals surface area contributed by atoms with Gasteiger partial charge in [0, 0.05) is 23.4 Å². The maximum atomic E-state index is 10.1. The van der Waals surface area contributed by atoms with Crippen LogP contribution >= 0.6 is 11.8 Å². The molecular formula is C10H16N2OS. The Hall–Kier alpha value is -0.480. The molecule has 1 aromatic rings. The van der Waals surface area contributed by atoms with Crippen molar-refractivity contribution in [2.45, 2.75) is 41.9 Å². The van der Waals surface area contributed by atoms with Crippen LogP contribution in [0.1, 0.15) is 26.2 Å². The lowest BCUT2D eigenvalue weighted by Gasteiger charge is -2.24. The van der Waals surface area contributed by atoms with Crippen molar-refractivity contribution in [1.82, 2.24) is 9.78 Å². The summed E-state index contributed by atoms with van der Waals surface area (Å²) in [4.78, 5) is 1.15. The zero-order chi connectivity index (χ0) is 10.2. The van der Waals surface area contributed by atoms with Crippen molar-refractivity contribution in [3.63, 3.8) is 0 Å². The van der Waals surface area contributed by atoms with E-state index in [4.69, 9.17) is 0 Å². The van der Waals surface area contributed by atoms with Gasteiger partial charge in [-0.15, -0.1) is 11.8 Å². The van der Waals surface area contributed by atoms with E-state index >= 15 is 0 Å². The Kier molecular flexibility index (Phi) is 2.58. The molecule has 1 fully saturated rings. The van der Waals surface area contributed by atoms with E-state index in [-0.39, 0.29) is 0 Å². The van der Waals surface area contributed by atoms with Gasteiger partial charge in [-0.05, 0) is 26.2 Å². The highest BCUT2D eigenvalue weighted by atomic mass is 32.2. The number of thioether (sulfide) groups is 1. The second-order valence-corrected chi connectivity index (χ2v) is 5.48. The lowest BCUT2D eigenvalue weighted by atomic mass is 10.1. The molecule has 0 aromatic carbocycles. The molecule has 1 N–H and O–H groups in total. The number of aromatic nitrogens is 2. The summed E-state index contributed by atoms with van der Waals surface area (Å²) in [5, 5.41) is 14.5. The van der Waals surface area contributed by atoms with Crippen LogP contribution in [-0.2, 0) is 7.05 Å². The van der Waals surface area contributed by atoms with Crippen molar-refractivity contribution < 1.29 is 5.11 Å². The maximum Gasteiger partial charge on any atom is 0.0741 e. The summed E-state index contributed by atoms with van der Waals surface area (Å²) < 4.78 is 1.80. The first-order valence-corrected chi connectivity index (χ1v) is 5.83. The largest absolute Gasteiger partial charge is 0.389 e. The number of rotatable bonds is 2. The van der Waals surface area contributed by atoms with Gasteiger partial charge in [0.1, 0.15) is 0 Å². The molecule has 2 unspecified atom stereocenters. The predicted octanol–water partition coefficient (Wildman–Crippen LogP) is 1.82. The van der Waals surface area contributed by atoms with E-state index in [1.807, 2.05) is 26.4 Å². The van der Waals surface area contributed by atoms with Crippen LogP contribution in [0, 0.1) is 0 Å². The van der Waals surface area contributed by atoms with Gasteiger partial charge < -0.3 is 5.11 Å². The van der Waals surface area contributed by atoms with Crippen LogP contribution in [0.25, 0.3) is 0 Å². The molecular weight excluding hydrogens is 196 g/mol. The normalized spacial score (nSPS) is 32.4. The van der Waals surface area contributed by atoms with Gasteiger partial charge in [0.2, 0.25) is 0 Å². The molecule has 1 heterocycles. The molecule has 1 saturated carbocycles. The molecule has 2 rings (SSSR count). The minimum absolute atomic E-state index is 0.326. The molecule has 14 heavy (non-hydrogen) atoms. The van der Waals surface area contributed by atoms with Crippen LogP contribution in [0.15, 0.2) is 17.3 Å². The molecule has 1 aromatic heterocycles. The molecule has 78 valence electrons. The van der Waals surface area contributed by atoms with Gasteiger partial charge in [-0.1, -0.05) is 0 Å². The average molecular weight is 212 g/mol. The highest BCUT2D eigenvalue weighted by Crippen LogP contribution is 2.41. The van der Waals surface area contributed by atoms with Gasteiger partial charge in [-0.25, -0.2) is 0 Å². The topological polar surface area (TPSA) is 38.0 Å². The standard InChI is InChI=1S/C10H16N2OS/c1-10(13)5-3-4-9(10)14-8-6-11-12(2)7-8/h6-7,9,13H,3-5H2,1-2H3. The fourth-order valence-electron chi connectivity index (χ4n) is 1.93. The molecule has 1 aliphatic carbocycles. The highest BCUT2D eigenvalue weighted by Gasteiger charge is 2.37.